The van der Waals surface area contributed by atoms with Crippen molar-refractivity contribution in [2.45, 2.75) is 0 Å². The molecule has 0 radical (unpaired) electrons. The number of hydrogen-bond acceptors (Lipinski definition) is 10. The first-order chi connectivity index (χ1) is 5.41. The number of rotatable bonds is 4. The first-order valence-corrected chi connectivity index (χ1v) is 6.57. The Morgan fingerprint density at radius 3 is 0.533 bits per heavy atom. The molecule has 24 N–H and O–H groups in total. The summed E-state index contributed by atoms with van der Waals surface area (Å²) in [5.41, 5.74) is 0. The second-order valence-corrected chi connectivity index (χ2v) is 5.49. The van der Waals surface area contributed by atoms with Crippen molar-refractivity contribution in [1.29, 1.82) is 0 Å². The van der Waals surface area contributed by atoms with Gasteiger partial charge in [-0.2, -0.15) is 0 Å². The second-order valence-electron chi connectivity index (χ2n) is 1.50. The number of hydrogen-bond donors (Lipinski definition) is 0. The molecule has 0 unspecified atom stereocenters. The van der Waals surface area contributed by atoms with E-state index in [1.165, 1.54) is 0 Å². The predicted octanol–water partition coefficient (Wildman–Crippen LogP) is -28.7. The molecule has 0 saturated carbocycles. The smallest absolute Gasteiger partial charge is 0.790 e. The van der Waals surface area contributed by atoms with Gasteiger partial charge in [0.2, 0.25) is 0 Å². The maximum Gasteiger partial charge on any atom is 1.00 e. The second kappa shape index (κ2) is 59.2. The Hall–Kier alpha value is 4.93. The van der Waals surface area contributed by atoms with E-state index in [2.05, 4.69) is 8.62 Å². The monoisotopic (exact) mass is 584 g/mol. The van der Waals surface area contributed by atoms with Crippen molar-refractivity contribution in [3.05, 3.63) is 0 Å². The Balaban J connectivity index is -0.00000000529. The molecule has 0 aliphatic heterocycles. The Morgan fingerprint density at radius 1 is 0.367 bits per heavy atom. The Bertz CT molecular complexity index is 295. The van der Waals surface area contributed by atoms with Crippen LogP contribution < -0.4 is 172 Å². The van der Waals surface area contributed by atoms with E-state index in [1.54, 1.807) is 0 Å². The predicted molar refractivity (Wildman–Crippen MR) is 68.4 cm³/mol. The minimum Gasteiger partial charge on any atom is -0.790 e. The molecule has 22 nitrogen and oxygen atoms in total. The Morgan fingerprint density at radius 2 is 0.467 bits per heavy atom. The molecule has 0 rings (SSSR count). The molecule has 30 heavy (non-hydrogen) atoms. The zero-order valence-electron chi connectivity index (χ0n) is 16.4. The molecule has 0 aliphatic rings. The quantitative estimate of drug-likeness (QED) is 0.222. The van der Waals surface area contributed by atoms with Crippen molar-refractivity contribution in [2.24, 2.45) is 0 Å². The van der Waals surface area contributed by atoms with Gasteiger partial charge in [-0.05, 0) is 0 Å². The van der Waals surface area contributed by atoms with Crippen molar-refractivity contribution in [3.63, 3.8) is 0 Å². The first-order valence-electron chi connectivity index (χ1n) is 2.19. The summed E-state index contributed by atoms with van der Waals surface area (Å²) in [6, 6.07) is 0. The summed E-state index contributed by atoms with van der Waals surface area (Å²) in [7, 11) is -17.9. The molecule has 0 bridgehead atoms. The third-order valence-electron chi connectivity index (χ3n) is 0.400. The van der Waals surface area contributed by atoms with Crippen LogP contribution in [0, 0.1) is 0 Å². The van der Waals surface area contributed by atoms with Crippen LogP contribution in [0.2, 0.25) is 0 Å². The fourth-order valence-electron chi connectivity index (χ4n) is 0.260. The van der Waals surface area contributed by atoms with Gasteiger partial charge < -0.3 is 99.3 Å². The van der Waals surface area contributed by atoms with E-state index in [1.807, 2.05) is 0 Å². The van der Waals surface area contributed by atoms with Crippen molar-refractivity contribution < 1.29 is 260 Å². The molecule has 176 valence electrons. The Labute approximate surface area is 279 Å². The van der Waals surface area contributed by atoms with Crippen LogP contribution >= 0.6 is 23.5 Å². The summed E-state index contributed by atoms with van der Waals surface area (Å²) in [6.07, 6.45) is 0. The average molecular weight is 584 g/mol. The van der Waals surface area contributed by atoms with Crippen LogP contribution in [-0.2, 0) is 22.3 Å². The molecule has 0 amide bonds. The number of phosphoric acid groups is 3. The minimum atomic E-state index is -5.97. The molecule has 0 fully saturated rings. The van der Waals surface area contributed by atoms with Gasteiger partial charge in [0.1, 0.15) is 0 Å². The van der Waals surface area contributed by atoms with Gasteiger partial charge in [0.05, 0.1) is 15.6 Å². The van der Waals surface area contributed by atoms with Crippen molar-refractivity contribution in [1.82, 2.24) is 0 Å². The van der Waals surface area contributed by atoms with Gasteiger partial charge >= 0.3 is 148 Å². The van der Waals surface area contributed by atoms with E-state index in [9.17, 15) is 38.2 Å². The molecule has 0 atom stereocenters. The van der Waals surface area contributed by atoms with Crippen molar-refractivity contribution >= 4 is 23.5 Å². The fourth-order valence-corrected chi connectivity index (χ4v) is 2.61. The van der Waals surface area contributed by atoms with Gasteiger partial charge in [0.15, 0.2) is 0 Å². The van der Waals surface area contributed by atoms with Gasteiger partial charge in [-0.25, -0.2) is 0 Å². The third kappa shape index (κ3) is 117. The van der Waals surface area contributed by atoms with Gasteiger partial charge in [-0.15, -0.1) is 0 Å². The molecule has 0 saturated heterocycles. The van der Waals surface area contributed by atoms with Crippen molar-refractivity contribution in [2.75, 3.05) is 0 Å². The molecule has 0 aromatic heterocycles. The van der Waals surface area contributed by atoms with E-state index in [4.69, 9.17) is 0 Å². The van der Waals surface area contributed by atoms with Crippen LogP contribution in [-0.4, -0.2) is 65.7 Å². The normalized spacial score (nSPS) is 6.30. The minimum absolute atomic E-state index is 0. The van der Waals surface area contributed by atoms with Gasteiger partial charge in [-0.1, -0.05) is 0 Å². The molecule has 30 heteroatoms. The maximum absolute atomic E-state index is 10.1. The fraction of sp³-hybridized carbons (Fsp3) is 0. The van der Waals surface area contributed by atoms with E-state index < -0.39 is 23.5 Å². The average Bonchev–Trinajstić information content (AvgIpc) is 1.43. The van der Waals surface area contributed by atoms with E-state index >= 15 is 0 Å². The molecular formula is H24Na5O22P3. The first kappa shape index (κ1) is 140. The zero-order chi connectivity index (χ0) is 10.9. The molecule has 0 aromatic rings. The molecular weight excluding hydrogens is 560 g/mol. The Kier molecular flexibility index (Phi) is 277. The van der Waals surface area contributed by atoms with Crippen LogP contribution in [0.15, 0.2) is 0 Å². The topological polar surface area (TPSA) is 563 Å². The molecule has 0 aromatic carbocycles. The van der Waals surface area contributed by atoms with Crippen LogP contribution in [0.25, 0.3) is 0 Å². The summed E-state index contributed by atoms with van der Waals surface area (Å²) in [5.74, 6) is 0. The van der Waals surface area contributed by atoms with Crippen LogP contribution in [0.5, 0.6) is 0 Å². The zero-order valence-corrected chi connectivity index (χ0v) is 29.1. The van der Waals surface area contributed by atoms with Crippen LogP contribution in [0.3, 0.4) is 0 Å². The third-order valence-corrected chi connectivity index (χ3v) is 3.60. The molecule has 0 heterocycles. The van der Waals surface area contributed by atoms with Crippen LogP contribution in [0.4, 0.5) is 0 Å². The molecule has 0 spiro atoms. The maximum atomic E-state index is 10.1. The summed E-state index contributed by atoms with van der Waals surface area (Å²) in [5, 5.41) is 0. The summed E-state index contributed by atoms with van der Waals surface area (Å²) >= 11 is 0. The van der Waals surface area contributed by atoms with Gasteiger partial charge in [0, 0.05) is 0 Å². The standard InChI is InChI=1S/5Na.H5O10P3.12H2O/c;;;;;1-11(2,3)9-13(7,8)10-12(4,5)6;;;;;;;;;;;;/h;;;;;(H,7,8)(H2,1,2,3)(H2,4,5,6);12*1H2/q5*+1;;;;;;;;;;;;;/p-5. The van der Waals surface area contributed by atoms with E-state index in [0.717, 1.165) is 0 Å². The SMILES string of the molecule is O.O.O.O.O.O.O.O.O.O.O.O.O=P([O-])([O-])OP(=O)([O-])OP(=O)([O-])[O-].[Na+].[Na+].[Na+].[Na+].[Na+]. The largest absolute Gasteiger partial charge is 1.00 e. The van der Waals surface area contributed by atoms with Crippen LogP contribution in [0.1, 0.15) is 0 Å². The van der Waals surface area contributed by atoms with E-state index in [-0.39, 0.29) is 214 Å². The van der Waals surface area contributed by atoms with E-state index in [0.29, 0.717) is 0 Å². The summed E-state index contributed by atoms with van der Waals surface area (Å²) in [4.78, 5) is 48.6. The van der Waals surface area contributed by atoms with Gasteiger partial charge in [-0.3, -0.25) is 13.2 Å². The van der Waals surface area contributed by atoms with Gasteiger partial charge in [0.25, 0.3) is 7.82 Å². The summed E-state index contributed by atoms with van der Waals surface area (Å²) in [6.45, 7) is 0. The summed E-state index contributed by atoms with van der Waals surface area (Å²) < 4.78 is 34.7. The van der Waals surface area contributed by atoms with Crippen molar-refractivity contribution in [3.8, 4) is 0 Å². The molecule has 0 aliphatic carbocycles.